The summed E-state index contributed by atoms with van der Waals surface area (Å²) < 4.78 is 28.2. The highest BCUT2D eigenvalue weighted by atomic mass is 32.2. The number of piperidine rings is 1. The van der Waals surface area contributed by atoms with Crippen molar-refractivity contribution < 1.29 is 13.2 Å². The molecule has 2 aliphatic rings. The predicted octanol–water partition coefficient (Wildman–Crippen LogP) is 3.93. The molecule has 0 bridgehead atoms. The molecule has 1 amide bonds. The number of anilines is 1. The van der Waals surface area contributed by atoms with Crippen LogP contribution in [0.3, 0.4) is 0 Å². The summed E-state index contributed by atoms with van der Waals surface area (Å²) in [6.45, 7) is 9.07. The lowest BCUT2D eigenvalue weighted by atomic mass is 9.97. The smallest absolute Gasteiger partial charge is 0.243 e. The molecule has 178 valence electrons. The van der Waals surface area contributed by atoms with Gasteiger partial charge in [-0.1, -0.05) is 35.9 Å². The van der Waals surface area contributed by atoms with Gasteiger partial charge < -0.3 is 10.2 Å². The molecule has 1 N–H and O–H groups in total. The van der Waals surface area contributed by atoms with Crippen LogP contribution < -0.4 is 10.2 Å². The highest BCUT2D eigenvalue weighted by Crippen LogP contribution is 2.29. The summed E-state index contributed by atoms with van der Waals surface area (Å²) in [6.07, 6.45) is 3.51. The summed E-state index contributed by atoms with van der Waals surface area (Å²) in [4.78, 5) is 15.7. The fourth-order valence-electron chi connectivity index (χ4n) is 5.31. The Balaban J connectivity index is 1.36. The minimum atomic E-state index is -3.56. The first kappa shape index (κ1) is 23.8. The molecule has 0 radical (unpaired) electrons. The fourth-order valence-corrected chi connectivity index (χ4v) is 7.20. The number of carbonyl (C=O) groups is 1. The molecule has 4 rings (SSSR count). The second kappa shape index (κ2) is 9.85. The van der Waals surface area contributed by atoms with Crippen molar-refractivity contribution in [3.05, 3.63) is 58.7 Å². The van der Waals surface area contributed by atoms with Gasteiger partial charge in [-0.15, -0.1) is 0 Å². The number of sulfonamides is 1. The molecule has 33 heavy (non-hydrogen) atoms. The van der Waals surface area contributed by atoms with Gasteiger partial charge in [0.05, 0.1) is 4.90 Å². The maximum atomic E-state index is 13.3. The van der Waals surface area contributed by atoms with Gasteiger partial charge in [0.1, 0.15) is 0 Å². The normalized spacial score (nSPS) is 18.0. The Labute approximate surface area is 198 Å². The Morgan fingerprint density at radius 1 is 0.970 bits per heavy atom. The van der Waals surface area contributed by atoms with Gasteiger partial charge in [0.15, 0.2) is 0 Å². The monoisotopic (exact) mass is 469 g/mol. The maximum Gasteiger partial charge on any atom is 0.243 e. The molecule has 2 saturated heterocycles. The number of rotatable bonds is 6. The zero-order valence-corrected chi connectivity index (χ0v) is 20.7. The van der Waals surface area contributed by atoms with Crippen LogP contribution in [0.15, 0.2) is 41.3 Å². The molecule has 2 fully saturated rings. The fraction of sp³-hybridized carbons (Fsp3) is 0.500. The Kier molecular flexibility index (Phi) is 7.10. The second-order valence-electron chi connectivity index (χ2n) is 9.45. The third-order valence-corrected chi connectivity index (χ3v) is 9.12. The molecule has 0 aliphatic carbocycles. The lowest BCUT2D eigenvalue weighted by Crippen LogP contribution is -2.43. The van der Waals surface area contributed by atoms with Crippen LogP contribution in [0.1, 0.15) is 47.9 Å². The Morgan fingerprint density at radius 2 is 1.58 bits per heavy atom. The van der Waals surface area contributed by atoms with Crippen LogP contribution in [0, 0.1) is 26.7 Å². The van der Waals surface area contributed by atoms with E-state index in [-0.39, 0.29) is 11.8 Å². The molecule has 0 spiro atoms. The van der Waals surface area contributed by atoms with Gasteiger partial charge in [0.25, 0.3) is 0 Å². The Hall–Kier alpha value is -2.38. The maximum absolute atomic E-state index is 13.3. The number of hydrogen-bond acceptors (Lipinski definition) is 4. The third kappa shape index (κ3) is 5.09. The average molecular weight is 470 g/mol. The number of aryl methyl sites for hydroxylation is 3. The second-order valence-corrected chi connectivity index (χ2v) is 11.3. The van der Waals surface area contributed by atoms with Crippen molar-refractivity contribution in [1.82, 2.24) is 9.62 Å². The van der Waals surface area contributed by atoms with Crippen molar-refractivity contribution in [2.24, 2.45) is 5.92 Å². The summed E-state index contributed by atoms with van der Waals surface area (Å²) >= 11 is 0. The summed E-state index contributed by atoms with van der Waals surface area (Å²) in [5.41, 5.74) is 4.97. The lowest BCUT2D eigenvalue weighted by molar-refractivity contribution is -0.126. The summed E-state index contributed by atoms with van der Waals surface area (Å²) in [7, 11) is -3.56. The minimum Gasteiger partial charge on any atom is -0.371 e. The van der Waals surface area contributed by atoms with Crippen LogP contribution in [0.25, 0.3) is 0 Å². The zero-order valence-electron chi connectivity index (χ0n) is 19.9. The molecule has 2 aromatic carbocycles. The number of benzene rings is 2. The van der Waals surface area contributed by atoms with Crippen LogP contribution >= 0.6 is 0 Å². The molecule has 7 heteroatoms. The van der Waals surface area contributed by atoms with Crippen molar-refractivity contribution in [3.8, 4) is 0 Å². The summed E-state index contributed by atoms with van der Waals surface area (Å²) in [6, 6.07) is 12.1. The van der Waals surface area contributed by atoms with Gasteiger partial charge in [-0.3, -0.25) is 4.79 Å². The van der Waals surface area contributed by atoms with Gasteiger partial charge >= 0.3 is 0 Å². The SMILES string of the molecule is Cc1cc(C)c(S(=O)(=O)N2CCC(C(=O)NCc3ccccc3N3CCCC3)CC2)c(C)c1. The van der Waals surface area contributed by atoms with E-state index in [1.807, 2.05) is 45.0 Å². The van der Waals surface area contributed by atoms with E-state index in [1.165, 1.54) is 18.5 Å². The first-order valence-corrected chi connectivity index (χ1v) is 13.4. The molecule has 0 unspecified atom stereocenters. The van der Waals surface area contributed by atoms with Crippen molar-refractivity contribution >= 4 is 21.6 Å². The standard InChI is InChI=1S/C26H35N3O3S/c1-19-16-20(2)25(21(3)17-19)33(31,32)29-14-10-22(11-15-29)26(30)27-18-23-8-4-5-9-24(23)28-12-6-7-13-28/h4-5,8-9,16-17,22H,6-7,10-15,18H2,1-3H3,(H,27,30). The van der Waals surface area contributed by atoms with Crippen molar-refractivity contribution in [2.75, 3.05) is 31.1 Å². The summed E-state index contributed by atoms with van der Waals surface area (Å²) in [5.74, 6) is -0.137. The topological polar surface area (TPSA) is 69.7 Å². The molecule has 2 aromatic rings. The van der Waals surface area contributed by atoms with E-state index in [0.717, 1.165) is 35.3 Å². The molecule has 2 heterocycles. The van der Waals surface area contributed by atoms with Crippen LogP contribution in [0.5, 0.6) is 0 Å². The van der Waals surface area contributed by atoms with Gasteiger partial charge in [-0.05, 0) is 69.2 Å². The molecule has 0 saturated carbocycles. The van der Waals surface area contributed by atoms with E-state index < -0.39 is 10.0 Å². The van der Waals surface area contributed by atoms with E-state index >= 15 is 0 Å². The van der Waals surface area contributed by atoms with E-state index in [0.29, 0.717) is 37.4 Å². The van der Waals surface area contributed by atoms with Crippen LogP contribution in [0.2, 0.25) is 0 Å². The largest absolute Gasteiger partial charge is 0.371 e. The van der Waals surface area contributed by atoms with Crippen molar-refractivity contribution in [1.29, 1.82) is 0 Å². The minimum absolute atomic E-state index is 0.0194. The number of carbonyl (C=O) groups excluding carboxylic acids is 1. The Bertz CT molecular complexity index is 1090. The quantitative estimate of drug-likeness (QED) is 0.696. The van der Waals surface area contributed by atoms with Gasteiger partial charge in [0, 0.05) is 44.3 Å². The van der Waals surface area contributed by atoms with Crippen molar-refractivity contribution in [3.63, 3.8) is 0 Å². The lowest BCUT2D eigenvalue weighted by Gasteiger charge is -2.31. The van der Waals surface area contributed by atoms with E-state index in [2.05, 4.69) is 22.3 Å². The van der Waals surface area contributed by atoms with E-state index in [4.69, 9.17) is 0 Å². The Morgan fingerprint density at radius 3 is 2.21 bits per heavy atom. The summed E-state index contributed by atoms with van der Waals surface area (Å²) in [5, 5.41) is 3.11. The first-order chi connectivity index (χ1) is 15.8. The van der Waals surface area contributed by atoms with Gasteiger partial charge in [-0.2, -0.15) is 4.31 Å². The number of para-hydroxylation sites is 1. The molecular formula is C26H35N3O3S. The van der Waals surface area contributed by atoms with Gasteiger partial charge in [0.2, 0.25) is 15.9 Å². The average Bonchev–Trinajstić information content (AvgIpc) is 3.31. The molecular weight excluding hydrogens is 434 g/mol. The number of nitrogens with one attached hydrogen (secondary N) is 1. The third-order valence-electron chi connectivity index (χ3n) is 6.92. The number of amides is 1. The van der Waals surface area contributed by atoms with Gasteiger partial charge in [-0.25, -0.2) is 8.42 Å². The van der Waals surface area contributed by atoms with Crippen LogP contribution in [-0.4, -0.2) is 44.8 Å². The first-order valence-electron chi connectivity index (χ1n) is 12.0. The molecule has 0 aromatic heterocycles. The number of hydrogen-bond donors (Lipinski definition) is 1. The highest BCUT2D eigenvalue weighted by Gasteiger charge is 2.33. The highest BCUT2D eigenvalue weighted by molar-refractivity contribution is 7.89. The zero-order chi connectivity index (χ0) is 23.6. The van der Waals surface area contributed by atoms with E-state index in [9.17, 15) is 13.2 Å². The van der Waals surface area contributed by atoms with Crippen LogP contribution in [0.4, 0.5) is 5.69 Å². The van der Waals surface area contributed by atoms with Crippen molar-refractivity contribution in [2.45, 2.75) is 57.9 Å². The molecule has 0 atom stereocenters. The number of nitrogens with zero attached hydrogens (tertiary/aromatic N) is 2. The van der Waals surface area contributed by atoms with E-state index in [1.54, 1.807) is 4.31 Å². The van der Waals surface area contributed by atoms with Crippen LogP contribution in [-0.2, 0) is 21.4 Å². The predicted molar refractivity (Wildman–Crippen MR) is 132 cm³/mol. The molecule has 6 nitrogen and oxygen atoms in total. The molecule has 2 aliphatic heterocycles.